The standard InChI is InChI=1S/C17H23N3O3/c1-12(21)13-5-4-6-14(9-13)18-17(23)20-10-15(16(22)11-20)19-7-2-3-8-19/h4-6,9,15-16,22H,2-3,7-8,10-11H2,1H3,(H,18,23)/t15-,16+/m1/s1. The van der Waals surface area contributed by atoms with Gasteiger partial charge in [-0.25, -0.2) is 4.79 Å². The van der Waals surface area contributed by atoms with Crippen LogP contribution in [0.15, 0.2) is 24.3 Å². The fourth-order valence-electron chi connectivity index (χ4n) is 3.39. The number of nitrogens with one attached hydrogen (secondary N) is 1. The lowest BCUT2D eigenvalue weighted by Crippen LogP contribution is -2.41. The Kier molecular flexibility index (Phi) is 4.63. The smallest absolute Gasteiger partial charge is 0.321 e. The Morgan fingerprint density at radius 2 is 1.96 bits per heavy atom. The third-order valence-electron chi connectivity index (χ3n) is 4.68. The lowest BCUT2D eigenvalue weighted by molar-refractivity contribution is 0.0980. The Bertz CT molecular complexity index is 599. The van der Waals surface area contributed by atoms with Gasteiger partial charge in [0, 0.05) is 17.8 Å². The molecule has 6 nitrogen and oxygen atoms in total. The highest BCUT2D eigenvalue weighted by Gasteiger charge is 2.38. The lowest BCUT2D eigenvalue weighted by Gasteiger charge is -2.25. The summed E-state index contributed by atoms with van der Waals surface area (Å²) in [7, 11) is 0. The van der Waals surface area contributed by atoms with Gasteiger partial charge in [0.2, 0.25) is 0 Å². The molecule has 0 bridgehead atoms. The predicted octanol–water partition coefficient (Wildman–Crippen LogP) is 1.56. The highest BCUT2D eigenvalue weighted by atomic mass is 16.3. The summed E-state index contributed by atoms with van der Waals surface area (Å²) >= 11 is 0. The van der Waals surface area contributed by atoms with Gasteiger partial charge in [-0.1, -0.05) is 12.1 Å². The predicted molar refractivity (Wildman–Crippen MR) is 87.6 cm³/mol. The van der Waals surface area contributed by atoms with Crippen molar-refractivity contribution in [1.82, 2.24) is 9.80 Å². The van der Waals surface area contributed by atoms with Gasteiger partial charge < -0.3 is 15.3 Å². The van der Waals surface area contributed by atoms with Crippen LogP contribution >= 0.6 is 0 Å². The van der Waals surface area contributed by atoms with Crippen LogP contribution in [0.25, 0.3) is 0 Å². The molecule has 2 fully saturated rings. The minimum Gasteiger partial charge on any atom is -0.390 e. The van der Waals surface area contributed by atoms with E-state index in [2.05, 4.69) is 10.2 Å². The minimum atomic E-state index is -0.498. The SMILES string of the molecule is CC(=O)c1cccc(NC(=O)N2C[C@@H](N3CCCC3)[C@@H](O)C2)c1. The molecule has 2 N–H and O–H groups in total. The summed E-state index contributed by atoms with van der Waals surface area (Å²) in [5, 5.41) is 13.1. The van der Waals surface area contributed by atoms with E-state index in [9.17, 15) is 14.7 Å². The fourth-order valence-corrected chi connectivity index (χ4v) is 3.39. The van der Waals surface area contributed by atoms with Crippen LogP contribution in [-0.2, 0) is 0 Å². The molecule has 2 amide bonds. The van der Waals surface area contributed by atoms with Crippen molar-refractivity contribution in [2.45, 2.75) is 31.9 Å². The van der Waals surface area contributed by atoms with E-state index in [-0.39, 0.29) is 17.9 Å². The van der Waals surface area contributed by atoms with Crippen molar-refractivity contribution in [3.8, 4) is 0 Å². The molecule has 3 rings (SSSR count). The monoisotopic (exact) mass is 317 g/mol. The maximum absolute atomic E-state index is 12.4. The summed E-state index contributed by atoms with van der Waals surface area (Å²) in [6.07, 6.45) is 1.82. The third-order valence-corrected chi connectivity index (χ3v) is 4.68. The number of carbonyl (C=O) groups is 2. The number of nitrogens with zero attached hydrogens (tertiary/aromatic N) is 2. The molecule has 124 valence electrons. The highest BCUT2D eigenvalue weighted by Crippen LogP contribution is 2.22. The molecule has 0 unspecified atom stereocenters. The van der Waals surface area contributed by atoms with E-state index in [1.807, 2.05) is 0 Å². The number of hydrogen-bond acceptors (Lipinski definition) is 4. The molecule has 1 aromatic carbocycles. The number of β-amino-alcohol motifs (C(OH)–C–C–N with tert-alkyl or cyclic N) is 1. The van der Waals surface area contributed by atoms with Crippen LogP contribution in [0.4, 0.5) is 10.5 Å². The molecule has 2 heterocycles. The Morgan fingerprint density at radius 3 is 2.65 bits per heavy atom. The number of anilines is 1. The number of amides is 2. The summed E-state index contributed by atoms with van der Waals surface area (Å²) in [4.78, 5) is 27.7. The van der Waals surface area contributed by atoms with Crippen molar-refractivity contribution < 1.29 is 14.7 Å². The van der Waals surface area contributed by atoms with E-state index < -0.39 is 6.10 Å². The van der Waals surface area contributed by atoms with Gasteiger partial charge in [0.25, 0.3) is 0 Å². The van der Waals surface area contributed by atoms with Gasteiger partial charge in [-0.3, -0.25) is 9.69 Å². The second-order valence-electron chi connectivity index (χ2n) is 6.35. The molecule has 0 radical (unpaired) electrons. The van der Waals surface area contributed by atoms with E-state index in [0.717, 1.165) is 25.9 Å². The zero-order chi connectivity index (χ0) is 16.4. The molecule has 2 saturated heterocycles. The normalized spacial score (nSPS) is 24.9. The van der Waals surface area contributed by atoms with Crippen LogP contribution in [0.2, 0.25) is 0 Å². The van der Waals surface area contributed by atoms with Gasteiger partial charge >= 0.3 is 6.03 Å². The molecule has 2 aliphatic rings. The molecule has 23 heavy (non-hydrogen) atoms. The molecule has 0 spiro atoms. The number of likely N-dealkylation sites (tertiary alicyclic amines) is 2. The summed E-state index contributed by atoms with van der Waals surface area (Å²) in [5.74, 6) is -0.0354. The van der Waals surface area contributed by atoms with Crippen LogP contribution in [0, 0.1) is 0 Å². The number of hydrogen-bond donors (Lipinski definition) is 2. The Balaban J connectivity index is 1.62. The first kappa shape index (κ1) is 16.0. The fraction of sp³-hybridized carbons (Fsp3) is 0.529. The van der Waals surface area contributed by atoms with Gasteiger partial charge in [0.15, 0.2) is 5.78 Å². The summed E-state index contributed by atoms with van der Waals surface area (Å²) in [5.41, 5.74) is 1.17. The number of aliphatic hydroxyl groups is 1. The quantitative estimate of drug-likeness (QED) is 0.830. The lowest BCUT2D eigenvalue weighted by atomic mass is 10.1. The van der Waals surface area contributed by atoms with Crippen molar-refractivity contribution in [2.24, 2.45) is 0 Å². The van der Waals surface area contributed by atoms with E-state index in [0.29, 0.717) is 24.3 Å². The molecule has 0 aliphatic carbocycles. The van der Waals surface area contributed by atoms with Crippen LogP contribution in [0.1, 0.15) is 30.1 Å². The number of Topliss-reactive ketones (excluding diaryl/α,β-unsaturated/α-hetero) is 1. The Labute approximate surface area is 136 Å². The summed E-state index contributed by atoms with van der Waals surface area (Å²) in [6.45, 7) is 4.38. The number of ketones is 1. The first-order chi connectivity index (χ1) is 11.0. The van der Waals surface area contributed by atoms with Crippen molar-refractivity contribution >= 4 is 17.5 Å². The topological polar surface area (TPSA) is 72.9 Å². The van der Waals surface area contributed by atoms with E-state index >= 15 is 0 Å². The number of urea groups is 1. The third kappa shape index (κ3) is 3.54. The molecular weight excluding hydrogens is 294 g/mol. The van der Waals surface area contributed by atoms with E-state index in [1.54, 1.807) is 29.2 Å². The van der Waals surface area contributed by atoms with Gasteiger partial charge in [-0.05, 0) is 45.0 Å². The first-order valence-electron chi connectivity index (χ1n) is 8.13. The summed E-state index contributed by atoms with van der Waals surface area (Å²) in [6, 6.07) is 6.71. The van der Waals surface area contributed by atoms with Gasteiger partial charge in [-0.2, -0.15) is 0 Å². The van der Waals surface area contributed by atoms with Crippen molar-refractivity contribution in [3.63, 3.8) is 0 Å². The van der Waals surface area contributed by atoms with Crippen LogP contribution in [0.5, 0.6) is 0 Å². The molecule has 1 aromatic rings. The number of aliphatic hydroxyl groups excluding tert-OH is 1. The average Bonchev–Trinajstić information content (AvgIpc) is 3.16. The Morgan fingerprint density at radius 1 is 1.22 bits per heavy atom. The van der Waals surface area contributed by atoms with E-state index in [1.165, 1.54) is 6.92 Å². The molecule has 0 aromatic heterocycles. The summed E-state index contributed by atoms with van der Waals surface area (Å²) < 4.78 is 0. The minimum absolute atomic E-state index is 0.0341. The maximum atomic E-state index is 12.4. The molecule has 2 atom stereocenters. The first-order valence-corrected chi connectivity index (χ1v) is 8.13. The maximum Gasteiger partial charge on any atom is 0.321 e. The highest BCUT2D eigenvalue weighted by molar-refractivity contribution is 5.96. The molecule has 0 saturated carbocycles. The van der Waals surface area contributed by atoms with Crippen molar-refractivity contribution in [1.29, 1.82) is 0 Å². The second kappa shape index (κ2) is 6.68. The molecule has 6 heteroatoms. The van der Waals surface area contributed by atoms with Crippen LogP contribution < -0.4 is 5.32 Å². The average molecular weight is 317 g/mol. The van der Waals surface area contributed by atoms with Gasteiger partial charge in [0.05, 0.1) is 18.7 Å². The largest absolute Gasteiger partial charge is 0.390 e. The van der Waals surface area contributed by atoms with Crippen LogP contribution in [-0.4, -0.2) is 65.0 Å². The Hall–Kier alpha value is -1.92. The van der Waals surface area contributed by atoms with Crippen LogP contribution in [0.3, 0.4) is 0 Å². The number of carbonyl (C=O) groups excluding carboxylic acids is 2. The molecule has 2 aliphatic heterocycles. The zero-order valence-electron chi connectivity index (χ0n) is 13.4. The van der Waals surface area contributed by atoms with E-state index in [4.69, 9.17) is 0 Å². The van der Waals surface area contributed by atoms with Gasteiger partial charge in [0.1, 0.15) is 0 Å². The number of benzene rings is 1. The number of rotatable bonds is 3. The zero-order valence-corrected chi connectivity index (χ0v) is 13.4. The van der Waals surface area contributed by atoms with Crippen molar-refractivity contribution in [2.75, 3.05) is 31.5 Å². The second-order valence-corrected chi connectivity index (χ2v) is 6.35. The molecular formula is C17H23N3O3. The van der Waals surface area contributed by atoms with Crippen molar-refractivity contribution in [3.05, 3.63) is 29.8 Å². The van der Waals surface area contributed by atoms with Gasteiger partial charge in [-0.15, -0.1) is 0 Å².